The summed E-state index contributed by atoms with van der Waals surface area (Å²) in [6.07, 6.45) is 1.51. The van der Waals surface area contributed by atoms with Crippen LogP contribution in [0.5, 0.6) is 0 Å². The van der Waals surface area contributed by atoms with Crippen molar-refractivity contribution in [3.63, 3.8) is 0 Å². The molecular weight excluding hydrogens is 533 g/mol. The van der Waals surface area contributed by atoms with Crippen molar-refractivity contribution >= 4 is 28.6 Å². The minimum atomic E-state index is -0.419. The number of hydrogen-bond acceptors (Lipinski definition) is 8. The van der Waals surface area contributed by atoms with Gasteiger partial charge in [0, 0.05) is 11.1 Å². The number of halogens is 1. The number of carbonyl (C=O) groups excluding carboxylic acids is 1. The molecule has 0 N–H and O–H groups in total. The van der Waals surface area contributed by atoms with E-state index < -0.39 is 11.1 Å². The molecular formula is C22H41INO8. The fraction of sp³-hybridized carbons (Fsp3) is 0.955. The Hall–Kier alpha value is -0.0800. The number of piperidine rings is 1. The Kier molecular flexibility index (Phi) is 14.7. The second-order valence-corrected chi connectivity index (χ2v) is 10.9. The van der Waals surface area contributed by atoms with Crippen LogP contribution >= 0.6 is 22.6 Å². The lowest BCUT2D eigenvalue weighted by Crippen LogP contribution is -2.59. The molecule has 0 aromatic carbocycles. The van der Waals surface area contributed by atoms with Crippen LogP contribution in [0.15, 0.2) is 0 Å². The number of rotatable bonds is 17. The number of hydroxylamine groups is 2. The summed E-state index contributed by atoms with van der Waals surface area (Å²) in [5.41, 5.74) is -0.839. The van der Waals surface area contributed by atoms with Crippen molar-refractivity contribution in [2.24, 2.45) is 0 Å². The van der Waals surface area contributed by atoms with Crippen molar-refractivity contribution in [3.05, 3.63) is 0 Å². The fourth-order valence-electron chi connectivity index (χ4n) is 3.64. The van der Waals surface area contributed by atoms with E-state index in [9.17, 15) is 10.0 Å². The smallest absolute Gasteiger partial charge is 0.318 e. The van der Waals surface area contributed by atoms with E-state index in [1.165, 1.54) is 5.06 Å². The van der Waals surface area contributed by atoms with Gasteiger partial charge in [0.05, 0.1) is 65.6 Å². The van der Waals surface area contributed by atoms with Crippen LogP contribution in [0.1, 0.15) is 47.5 Å². The maximum Gasteiger partial charge on any atom is 0.318 e. The predicted molar refractivity (Wildman–Crippen MR) is 127 cm³/mol. The quantitative estimate of drug-likeness (QED) is 0.113. The average molecular weight is 574 g/mol. The van der Waals surface area contributed by atoms with Gasteiger partial charge in [-0.3, -0.25) is 4.79 Å². The zero-order valence-corrected chi connectivity index (χ0v) is 22.4. The first-order chi connectivity index (χ1) is 15.1. The molecule has 0 aromatic rings. The monoisotopic (exact) mass is 574 g/mol. The molecule has 1 fully saturated rings. The number of carbonyl (C=O) groups is 1. The Morgan fingerprint density at radius 2 is 1.19 bits per heavy atom. The lowest BCUT2D eigenvalue weighted by atomic mass is 9.80. The van der Waals surface area contributed by atoms with Crippen molar-refractivity contribution in [2.75, 3.05) is 66.1 Å². The molecule has 10 heteroatoms. The molecule has 9 nitrogen and oxygen atoms in total. The van der Waals surface area contributed by atoms with Gasteiger partial charge in [-0.15, -0.1) is 10.3 Å². The minimum absolute atomic E-state index is 0.0703. The Morgan fingerprint density at radius 1 is 0.812 bits per heavy atom. The van der Waals surface area contributed by atoms with Gasteiger partial charge in [-0.1, -0.05) is 22.6 Å². The minimum Gasteiger partial charge on any atom is -0.462 e. The van der Waals surface area contributed by atoms with E-state index >= 15 is 0 Å². The van der Waals surface area contributed by atoms with Gasteiger partial charge in [0.1, 0.15) is 10.5 Å². The van der Waals surface area contributed by atoms with Crippen LogP contribution in [-0.4, -0.2) is 98.2 Å². The van der Waals surface area contributed by atoms with Crippen LogP contribution < -0.4 is 0 Å². The van der Waals surface area contributed by atoms with E-state index in [2.05, 4.69) is 0 Å². The molecule has 189 valence electrons. The highest BCUT2D eigenvalue weighted by molar-refractivity contribution is 14.1. The zero-order chi connectivity index (χ0) is 24.0. The van der Waals surface area contributed by atoms with Crippen molar-refractivity contribution in [1.29, 1.82) is 0 Å². The molecule has 0 aliphatic carbocycles. The van der Waals surface area contributed by atoms with Crippen LogP contribution in [0.3, 0.4) is 0 Å². The number of hydrogen-bond donors (Lipinski definition) is 0. The van der Waals surface area contributed by atoms with Crippen molar-refractivity contribution in [3.8, 4) is 0 Å². The third kappa shape index (κ3) is 12.4. The molecule has 1 saturated heterocycles. The molecule has 0 spiro atoms. The van der Waals surface area contributed by atoms with Gasteiger partial charge in [-0.25, -0.2) is 0 Å². The lowest BCUT2D eigenvalue weighted by Gasteiger charge is -2.49. The SMILES string of the molecule is CC(I)C(=O)OCCOCCOCCOCCOCCOC1CC(C)(C)N([O])C(C)(C)C1. The van der Waals surface area contributed by atoms with Gasteiger partial charge < -0.3 is 28.4 Å². The largest absolute Gasteiger partial charge is 0.462 e. The van der Waals surface area contributed by atoms with E-state index in [4.69, 9.17) is 28.4 Å². The van der Waals surface area contributed by atoms with Crippen LogP contribution in [-0.2, 0) is 38.4 Å². The Labute approximate surface area is 206 Å². The number of nitrogens with zero attached hydrogens (tertiary/aromatic N) is 1. The van der Waals surface area contributed by atoms with Gasteiger partial charge in [-0.2, -0.15) is 0 Å². The number of esters is 1. The lowest BCUT2D eigenvalue weighted by molar-refractivity contribution is -0.301. The van der Waals surface area contributed by atoms with Gasteiger partial charge in [0.25, 0.3) is 0 Å². The third-order valence-corrected chi connectivity index (χ3v) is 5.56. The molecule has 1 heterocycles. The number of ether oxygens (including phenoxy) is 6. The molecule has 1 aliphatic heterocycles. The highest BCUT2D eigenvalue weighted by atomic mass is 127. The van der Waals surface area contributed by atoms with E-state index in [1.54, 1.807) is 6.92 Å². The fourth-order valence-corrected chi connectivity index (χ4v) is 3.82. The first kappa shape index (κ1) is 30.0. The first-order valence-electron chi connectivity index (χ1n) is 11.3. The summed E-state index contributed by atoms with van der Waals surface area (Å²) < 4.78 is 32.5. The summed E-state index contributed by atoms with van der Waals surface area (Å²) in [6.45, 7) is 14.2. The zero-order valence-electron chi connectivity index (χ0n) is 20.2. The maximum atomic E-state index is 12.4. The van der Waals surface area contributed by atoms with Gasteiger partial charge >= 0.3 is 5.97 Å². The summed E-state index contributed by atoms with van der Waals surface area (Å²) in [4.78, 5) is 11.2. The summed E-state index contributed by atoms with van der Waals surface area (Å²) in [5.74, 6) is -0.228. The summed E-state index contributed by atoms with van der Waals surface area (Å²) in [5, 5.41) is 13.6. The molecule has 0 aromatic heterocycles. The molecule has 0 bridgehead atoms. The van der Waals surface area contributed by atoms with E-state index in [0.717, 1.165) is 12.8 Å². The molecule has 1 radical (unpaired) electrons. The Morgan fingerprint density at radius 3 is 1.59 bits per heavy atom. The number of alkyl halides is 1. The van der Waals surface area contributed by atoms with Crippen molar-refractivity contribution in [2.45, 2.75) is 68.6 Å². The molecule has 1 unspecified atom stereocenters. The molecule has 32 heavy (non-hydrogen) atoms. The van der Waals surface area contributed by atoms with Gasteiger partial charge in [0.2, 0.25) is 0 Å². The molecule has 0 amide bonds. The van der Waals surface area contributed by atoms with Gasteiger partial charge in [-0.05, 0) is 47.5 Å². The third-order valence-electron chi connectivity index (χ3n) is 5.05. The van der Waals surface area contributed by atoms with Crippen LogP contribution in [0.4, 0.5) is 0 Å². The van der Waals surface area contributed by atoms with Crippen LogP contribution in [0, 0.1) is 0 Å². The van der Waals surface area contributed by atoms with Gasteiger partial charge in [0.15, 0.2) is 0 Å². The van der Waals surface area contributed by atoms with Crippen LogP contribution in [0.2, 0.25) is 0 Å². The average Bonchev–Trinajstić information content (AvgIpc) is 2.71. The summed E-state index contributed by atoms with van der Waals surface area (Å²) >= 11 is 2.01. The van der Waals surface area contributed by atoms with Crippen LogP contribution in [0.25, 0.3) is 0 Å². The summed E-state index contributed by atoms with van der Waals surface area (Å²) in [7, 11) is 0. The maximum absolute atomic E-state index is 12.4. The van der Waals surface area contributed by atoms with Crippen molar-refractivity contribution in [1.82, 2.24) is 5.06 Å². The highest BCUT2D eigenvalue weighted by Gasteiger charge is 2.46. The van der Waals surface area contributed by atoms with E-state index in [1.807, 2.05) is 50.3 Å². The topological polar surface area (TPSA) is 95.6 Å². The Bertz CT molecular complexity index is 500. The molecule has 0 saturated carbocycles. The van der Waals surface area contributed by atoms with E-state index in [0.29, 0.717) is 59.5 Å². The summed E-state index contributed by atoms with van der Waals surface area (Å²) in [6, 6.07) is 0. The first-order valence-corrected chi connectivity index (χ1v) is 12.5. The highest BCUT2D eigenvalue weighted by Crippen LogP contribution is 2.38. The predicted octanol–water partition coefficient (Wildman–Crippen LogP) is 2.80. The molecule has 1 rings (SSSR count). The standard InChI is InChI=1S/C22H41INO8/c1-18(23)20(25)32-15-13-30-11-9-28-7-6-27-8-10-29-12-14-31-19-16-21(2,3)24(26)22(4,5)17-19/h18-19H,6-17H2,1-5H3. The molecule has 1 atom stereocenters. The Balaban J connectivity index is 1.86. The normalized spacial score (nSPS) is 19.7. The van der Waals surface area contributed by atoms with Crippen molar-refractivity contribution < 1.29 is 38.4 Å². The van der Waals surface area contributed by atoms with E-state index in [-0.39, 0.29) is 22.6 Å². The second kappa shape index (κ2) is 15.8. The second-order valence-electron chi connectivity index (χ2n) is 9.05. The molecule has 1 aliphatic rings.